The number of hydrogen-bond acceptors (Lipinski definition) is 3. The number of carbonyl (C=O) groups is 1. The average molecular weight is 558 g/mol. The third-order valence-electron chi connectivity index (χ3n) is 3.29. The Bertz CT molecular complexity index is 830. The summed E-state index contributed by atoms with van der Waals surface area (Å²) in [6.45, 7) is 4.49. The number of aryl methyl sites for hydroxylation is 1. The van der Waals surface area contributed by atoms with Gasteiger partial charge < -0.3 is 10.1 Å². The van der Waals surface area contributed by atoms with Gasteiger partial charge in [0.05, 0.1) is 13.7 Å². The Balaban J connectivity index is 2.26. The Labute approximate surface area is 174 Å². The number of hydrogen-bond donors (Lipinski definition) is 1. The number of ether oxygens (including phenoxy) is 1. The minimum atomic E-state index is -0.426. The van der Waals surface area contributed by atoms with E-state index in [0.717, 1.165) is 24.0 Å². The van der Waals surface area contributed by atoms with Gasteiger partial charge >= 0.3 is 0 Å². The molecule has 0 atom stereocenters. The molecule has 0 heterocycles. The van der Waals surface area contributed by atoms with Gasteiger partial charge in [0.15, 0.2) is 0 Å². The lowest BCUT2D eigenvalue weighted by atomic mass is 10.1. The van der Waals surface area contributed by atoms with Gasteiger partial charge in [0.2, 0.25) is 0 Å². The first-order valence-corrected chi connectivity index (χ1v) is 9.72. The fourth-order valence-corrected chi connectivity index (χ4v) is 4.22. The van der Waals surface area contributed by atoms with Crippen LogP contribution in [0.3, 0.4) is 0 Å². The smallest absolute Gasteiger partial charge is 0.266 e. The lowest BCUT2D eigenvalue weighted by Crippen LogP contribution is -2.13. The second kappa shape index (κ2) is 9.20. The molecule has 0 radical (unpaired) electrons. The predicted octanol–water partition coefficient (Wildman–Crippen LogP) is 5.15. The van der Waals surface area contributed by atoms with Crippen molar-refractivity contribution in [1.29, 1.82) is 5.26 Å². The molecule has 0 aliphatic carbocycles. The largest absolute Gasteiger partial charge is 0.492 e. The van der Waals surface area contributed by atoms with Gasteiger partial charge in [-0.25, -0.2) is 0 Å². The van der Waals surface area contributed by atoms with E-state index in [-0.39, 0.29) is 5.57 Å². The number of nitriles is 1. The van der Waals surface area contributed by atoms with Crippen molar-refractivity contribution in [2.45, 2.75) is 13.8 Å². The molecule has 0 unspecified atom stereocenters. The third kappa shape index (κ3) is 5.44. The highest BCUT2D eigenvalue weighted by atomic mass is 127. The lowest BCUT2D eigenvalue weighted by molar-refractivity contribution is -0.112. The van der Waals surface area contributed by atoms with Crippen molar-refractivity contribution in [3.05, 3.63) is 60.2 Å². The van der Waals surface area contributed by atoms with E-state index in [1.807, 2.05) is 56.3 Å². The fraction of sp³-hybridized carbons (Fsp3) is 0.158. The zero-order valence-corrected chi connectivity index (χ0v) is 18.1. The molecule has 0 aromatic heterocycles. The Morgan fingerprint density at radius 2 is 1.84 bits per heavy atom. The molecule has 0 saturated carbocycles. The summed E-state index contributed by atoms with van der Waals surface area (Å²) in [5.74, 6) is 0.397. The summed E-state index contributed by atoms with van der Waals surface area (Å²) in [4.78, 5) is 12.3. The van der Waals surface area contributed by atoms with E-state index in [0.29, 0.717) is 12.3 Å². The van der Waals surface area contributed by atoms with Crippen LogP contribution in [-0.2, 0) is 4.79 Å². The minimum Gasteiger partial charge on any atom is -0.492 e. The van der Waals surface area contributed by atoms with Crippen molar-refractivity contribution < 1.29 is 9.53 Å². The number of benzene rings is 2. The van der Waals surface area contributed by atoms with Crippen LogP contribution in [0.25, 0.3) is 6.08 Å². The molecule has 4 nitrogen and oxygen atoms in total. The Hall–Kier alpha value is -1.60. The van der Waals surface area contributed by atoms with E-state index >= 15 is 0 Å². The highest BCUT2D eigenvalue weighted by molar-refractivity contribution is 14.1. The van der Waals surface area contributed by atoms with Crippen molar-refractivity contribution in [1.82, 2.24) is 0 Å². The minimum absolute atomic E-state index is 0.0522. The number of amides is 1. The highest BCUT2D eigenvalue weighted by Crippen LogP contribution is 2.29. The summed E-state index contributed by atoms with van der Waals surface area (Å²) in [5, 5.41) is 12.1. The summed E-state index contributed by atoms with van der Waals surface area (Å²) < 4.78 is 7.49. The Kier molecular flexibility index (Phi) is 7.25. The van der Waals surface area contributed by atoms with E-state index in [2.05, 4.69) is 50.5 Å². The number of halogens is 2. The summed E-state index contributed by atoms with van der Waals surface area (Å²) in [5.41, 5.74) is 2.60. The first-order chi connectivity index (χ1) is 11.9. The monoisotopic (exact) mass is 558 g/mol. The molecule has 0 fully saturated rings. The van der Waals surface area contributed by atoms with Crippen molar-refractivity contribution in [3.63, 3.8) is 0 Å². The van der Waals surface area contributed by atoms with Crippen molar-refractivity contribution >= 4 is 62.9 Å². The zero-order valence-electron chi connectivity index (χ0n) is 13.8. The van der Waals surface area contributed by atoms with E-state index < -0.39 is 5.91 Å². The molecule has 0 bridgehead atoms. The molecule has 6 heteroatoms. The molecule has 1 amide bonds. The molecule has 2 rings (SSSR count). The quantitative estimate of drug-likeness (QED) is 0.314. The number of carbonyl (C=O) groups excluding carboxylic acids is 1. The number of nitrogens with zero attached hydrogens (tertiary/aromatic N) is 1. The standard InChI is InChI=1S/C19H16I2N2O2/c1-3-25-18-16(20)9-13(10-17(18)21)8-14(11-22)19(24)23-15-6-4-12(2)5-7-15/h4-10H,3H2,1-2H3,(H,23,24)/b14-8+. The van der Waals surface area contributed by atoms with Gasteiger partial charge in [0, 0.05) is 5.69 Å². The summed E-state index contributed by atoms with van der Waals surface area (Å²) in [6, 6.07) is 13.2. The molecule has 2 aromatic rings. The Morgan fingerprint density at radius 1 is 1.24 bits per heavy atom. The van der Waals surface area contributed by atoms with Crippen LogP contribution in [0.2, 0.25) is 0 Å². The lowest BCUT2D eigenvalue weighted by Gasteiger charge is -2.10. The van der Waals surface area contributed by atoms with Gasteiger partial charge in [-0.05, 0) is 94.9 Å². The van der Waals surface area contributed by atoms with Crippen molar-refractivity contribution in [2.75, 3.05) is 11.9 Å². The molecule has 0 spiro atoms. The molecule has 0 saturated heterocycles. The number of anilines is 1. The summed E-state index contributed by atoms with van der Waals surface area (Å²) >= 11 is 4.38. The third-order valence-corrected chi connectivity index (χ3v) is 4.90. The number of nitrogens with one attached hydrogen (secondary N) is 1. The topological polar surface area (TPSA) is 62.1 Å². The van der Waals surface area contributed by atoms with E-state index in [1.165, 1.54) is 0 Å². The van der Waals surface area contributed by atoms with Gasteiger partial charge in [-0.2, -0.15) is 5.26 Å². The maximum absolute atomic E-state index is 12.3. The molecule has 1 N–H and O–H groups in total. The first kappa shape index (κ1) is 19.7. The van der Waals surface area contributed by atoms with Crippen LogP contribution in [0.15, 0.2) is 42.0 Å². The Morgan fingerprint density at radius 3 is 2.36 bits per heavy atom. The molecule has 2 aromatic carbocycles. The van der Waals surface area contributed by atoms with E-state index in [1.54, 1.807) is 6.08 Å². The van der Waals surface area contributed by atoms with Crippen LogP contribution in [0, 0.1) is 25.4 Å². The van der Waals surface area contributed by atoms with Gasteiger partial charge in [-0.15, -0.1) is 0 Å². The maximum Gasteiger partial charge on any atom is 0.266 e. The van der Waals surface area contributed by atoms with Crippen LogP contribution in [0.4, 0.5) is 5.69 Å². The van der Waals surface area contributed by atoms with Crippen LogP contribution < -0.4 is 10.1 Å². The van der Waals surface area contributed by atoms with E-state index in [9.17, 15) is 10.1 Å². The normalized spacial score (nSPS) is 10.9. The maximum atomic E-state index is 12.3. The molecular formula is C19H16I2N2O2. The van der Waals surface area contributed by atoms with Gasteiger partial charge in [0.25, 0.3) is 5.91 Å². The van der Waals surface area contributed by atoms with Gasteiger partial charge in [-0.3, -0.25) is 4.79 Å². The van der Waals surface area contributed by atoms with Gasteiger partial charge in [0.1, 0.15) is 17.4 Å². The van der Waals surface area contributed by atoms with Gasteiger partial charge in [-0.1, -0.05) is 17.7 Å². The number of rotatable bonds is 5. The fourth-order valence-electron chi connectivity index (χ4n) is 2.10. The van der Waals surface area contributed by atoms with Crippen LogP contribution in [0.5, 0.6) is 5.75 Å². The molecule has 25 heavy (non-hydrogen) atoms. The SMILES string of the molecule is CCOc1c(I)cc(/C=C(\C#N)C(=O)Nc2ccc(C)cc2)cc1I. The first-order valence-electron chi connectivity index (χ1n) is 7.56. The highest BCUT2D eigenvalue weighted by Gasteiger charge is 2.12. The second-order valence-electron chi connectivity index (χ2n) is 5.24. The molecule has 0 aliphatic rings. The van der Waals surface area contributed by atoms with E-state index in [4.69, 9.17) is 4.74 Å². The second-order valence-corrected chi connectivity index (χ2v) is 7.56. The molecule has 128 valence electrons. The molecular weight excluding hydrogens is 542 g/mol. The average Bonchev–Trinajstić information content (AvgIpc) is 2.58. The van der Waals surface area contributed by atoms with Crippen LogP contribution >= 0.6 is 45.2 Å². The van der Waals surface area contributed by atoms with Crippen molar-refractivity contribution in [2.24, 2.45) is 0 Å². The zero-order chi connectivity index (χ0) is 18.4. The van der Waals surface area contributed by atoms with Crippen LogP contribution in [0.1, 0.15) is 18.1 Å². The van der Waals surface area contributed by atoms with Crippen LogP contribution in [-0.4, -0.2) is 12.5 Å². The predicted molar refractivity (Wildman–Crippen MR) is 116 cm³/mol. The summed E-state index contributed by atoms with van der Waals surface area (Å²) in [6.07, 6.45) is 1.59. The molecule has 0 aliphatic heterocycles. The van der Waals surface area contributed by atoms with Crippen molar-refractivity contribution in [3.8, 4) is 11.8 Å². The summed E-state index contributed by atoms with van der Waals surface area (Å²) in [7, 11) is 0.